The first kappa shape index (κ1) is 23.1. The topological polar surface area (TPSA) is 80.9 Å². The molecular formula is C24H23F3N4OS. The van der Waals surface area contributed by atoms with Crippen LogP contribution in [0.25, 0.3) is 11.1 Å². The molecule has 5 nitrogen and oxygen atoms in total. The van der Waals surface area contributed by atoms with Gasteiger partial charge in [-0.05, 0) is 73.2 Å². The number of rotatable bonds is 6. The Hall–Kier alpha value is -3.07. The number of hydrogen-bond donors (Lipinski definition) is 2. The smallest absolute Gasteiger partial charge is 0.367 e. The summed E-state index contributed by atoms with van der Waals surface area (Å²) in [6.45, 7) is 0. The lowest BCUT2D eigenvalue weighted by molar-refractivity contribution is -0.137. The first-order valence-electron chi connectivity index (χ1n) is 10.6. The number of amides is 1. The monoisotopic (exact) mass is 472 g/mol. The molecule has 33 heavy (non-hydrogen) atoms. The molecule has 0 spiro atoms. The van der Waals surface area contributed by atoms with Crippen LogP contribution >= 0.6 is 11.8 Å². The first-order valence-corrected chi connectivity index (χ1v) is 11.5. The molecule has 0 unspecified atom stereocenters. The van der Waals surface area contributed by atoms with E-state index in [0.29, 0.717) is 11.1 Å². The number of primary amides is 1. The van der Waals surface area contributed by atoms with Gasteiger partial charge in [0.2, 0.25) is 0 Å². The van der Waals surface area contributed by atoms with Crippen LogP contribution in [0.4, 0.5) is 19.0 Å². The van der Waals surface area contributed by atoms with Gasteiger partial charge in [-0.25, -0.2) is 4.98 Å². The molecule has 0 aliphatic heterocycles. The quantitative estimate of drug-likeness (QED) is 0.476. The molecule has 1 fully saturated rings. The molecule has 1 amide bonds. The van der Waals surface area contributed by atoms with Crippen molar-refractivity contribution in [3.05, 3.63) is 72.2 Å². The molecule has 3 aromatic rings. The van der Waals surface area contributed by atoms with Crippen molar-refractivity contribution in [1.82, 2.24) is 9.97 Å². The molecule has 9 heteroatoms. The summed E-state index contributed by atoms with van der Waals surface area (Å²) in [5.74, 6) is -0.0754. The summed E-state index contributed by atoms with van der Waals surface area (Å²) in [6, 6.07) is 14.4. The van der Waals surface area contributed by atoms with Gasteiger partial charge in [0, 0.05) is 28.6 Å². The van der Waals surface area contributed by atoms with Crippen LogP contribution in [0.15, 0.2) is 65.8 Å². The van der Waals surface area contributed by atoms with Gasteiger partial charge < -0.3 is 11.1 Å². The van der Waals surface area contributed by atoms with E-state index < -0.39 is 17.6 Å². The maximum atomic E-state index is 12.7. The Bertz CT molecular complexity index is 1100. The predicted molar refractivity (Wildman–Crippen MR) is 123 cm³/mol. The van der Waals surface area contributed by atoms with Gasteiger partial charge in [-0.3, -0.25) is 9.78 Å². The molecule has 2 aromatic heterocycles. The lowest BCUT2D eigenvalue weighted by atomic mass is 9.95. The second kappa shape index (κ2) is 9.82. The predicted octanol–water partition coefficient (Wildman–Crippen LogP) is 5.78. The van der Waals surface area contributed by atoms with Crippen molar-refractivity contribution in [2.45, 2.75) is 48.0 Å². The summed E-state index contributed by atoms with van der Waals surface area (Å²) in [6.07, 6.45) is 1.97. The zero-order chi connectivity index (χ0) is 23.4. The third-order valence-electron chi connectivity index (χ3n) is 5.62. The standard InChI is InChI=1S/C24H23F3N4OS/c25-24(26,27)17-3-10-22(30-14-17)31-18-4-8-20(9-5-18)33-19-6-1-15(2-7-19)16-11-12-29-21(13-16)23(28)32/h1-3,6-7,10-14,18,20H,4-5,8-9H2,(H2,28,32)(H,30,31). The maximum absolute atomic E-state index is 12.7. The van der Waals surface area contributed by atoms with Gasteiger partial charge in [-0.2, -0.15) is 13.2 Å². The number of pyridine rings is 2. The summed E-state index contributed by atoms with van der Waals surface area (Å²) in [7, 11) is 0. The van der Waals surface area contributed by atoms with Crippen molar-refractivity contribution in [2.24, 2.45) is 5.73 Å². The molecule has 0 radical (unpaired) electrons. The lowest BCUT2D eigenvalue weighted by Gasteiger charge is -2.29. The average molecular weight is 473 g/mol. The third-order valence-corrected chi connectivity index (χ3v) is 6.97. The number of carbonyl (C=O) groups excluding carboxylic acids is 1. The molecule has 0 saturated heterocycles. The van der Waals surface area contributed by atoms with Crippen LogP contribution in [0.3, 0.4) is 0 Å². The van der Waals surface area contributed by atoms with Gasteiger partial charge in [-0.1, -0.05) is 12.1 Å². The molecule has 1 aliphatic rings. The molecular weight excluding hydrogens is 449 g/mol. The average Bonchev–Trinajstić information content (AvgIpc) is 2.81. The third kappa shape index (κ3) is 6.04. The number of thioether (sulfide) groups is 1. The Kier molecular flexibility index (Phi) is 6.88. The highest BCUT2D eigenvalue weighted by Gasteiger charge is 2.31. The minimum Gasteiger partial charge on any atom is -0.367 e. The van der Waals surface area contributed by atoms with Crippen molar-refractivity contribution in [1.29, 1.82) is 0 Å². The number of halogens is 3. The van der Waals surface area contributed by atoms with E-state index in [0.717, 1.165) is 49.1 Å². The zero-order valence-electron chi connectivity index (χ0n) is 17.7. The van der Waals surface area contributed by atoms with Gasteiger partial charge >= 0.3 is 6.18 Å². The normalized spacial score (nSPS) is 18.6. The Balaban J connectivity index is 1.28. The van der Waals surface area contributed by atoms with E-state index in [1.54, 1.807) is 12.3 Å². The molecule has 1 aromatic carbocycles. The molecule has 3 N–H and O–H groups in total. The summed E-state index contributed by atoms with van der Waals surface area (Å²) in [5, 5.41) is 3.74. The van der Waals surface area contributed by atoms with E-state index in [-0.39, 0.29) is 11.7 Å². The van der Waals surface area contributed by atoms with Crippen molar-refractivity contribution in [2.75, 3.05) is 5.32 Å². The fourth-order valence-electron chi connectivity index (χ4n) is 3.84. The number of alkyl halides is 3. The van der Waals surface area contributed by atoms with Crippen molar-refractivity contribution < 1.29 is 18.0 Å². The number of hydrogen-bond acceptors (Lipinski definition) is 5. The molecule has 172 valence electrons. The van der Waals surface area contributed by atoms with E-state index in [1.807, 2.05) is 30.0 Å². The van der Waals surface area contributed by atoms with Crippen LogP contribution in [-0.2, 0) is 6.18 Å². The molecule has 1 saturated carbocycles. The van der Waals surface area contributed by atoms with E-state index in [2.05, 4.69) is 27.4 Å². The second-order valence-electron chi connectivity index (χ2n) is 7.98. The fourth-order valence-corrected chi connectivity index (χ4v) is 5.03. The van der Waals surface area contributed by atoms with E-state index in [9.17, 15) is 18.0 Å². The minimum absolute atomic E-state index is 0.208. The molecule has 4 rings (SSSR count). The van der Waals surface area contributed by atoms with Gasteiger partial charge in [0.1, 0.15) is 11.5 Å². The maximum Gasteiger partial charge on any atom is 0.417 e. The van der Waals surface area contributed by atoms with Crippen LogP contribution in [0, 0.1) is 0 Å². The summed E-state index contributed by atoms with van der Waals surface area (Å²) in [5.41, 5.74) is 6.68. The summed E-state index contributed by atoms with van der Waals surface area (Å²) < 4.78 is 38.0. The van der Waals surface area contributed by atoms with Crippen LogP contribution in [0.1, 0.15) is 41.7 Å². The number of benzene rings is 1. The largest absolute Gasteiger partial charge is 0.417 e. The minimum atomic E-state index is -4.37. The summed E-state index contributed by atoms with van der Waals surface area (Å²) >= 11 is 1.83. The van der Waals surface area contributed by atoms with Crippen molar-refractivity contribution in [3.63, 3.8) is 0 Å². The molecule has 1 aliphatic carbocycles. The second-order valence-corrected chi connectivity index (χ2v) is 9.36. The van der Waals surface area contributed by atoms with Crippen LogP contribution in [0.2, 0.25) is 0 Å². The van der Waals surface area contributed by atoms with Gasteiger partial charge in [0.25, 0.3) is 5.91 Å². The Labute approximate surface area is 194 Å². The Morgan fingerprint density at radius 3 is 2.30 bits per heavy atom. The van der Waals surface area contributed by atoms with Crippen molar-refractivity contribution >= 4 is 23.5 Å². The zero-order valence-corrected chi connectivity index (χ0v) is 18.5. The molecule has 2 heterocycles. The van der Waals surface area contributed by atoms with Gasteiger partial charge in [0.05, 0.1) is 5.56 Å². The molecule has 0 atom stereocenters. The Morgan fingerprint density at radius 2 is 1.70 bits per heavy atom. The van der Waals surface area contributed by atoms with Gasteiger partial charge in [-0.15, -0.1) is 11.8 Å². The van der Waals surface area contributed by atoms with Crippen LogP contribution in [0.5, 0.6) is 0 Å². The number of nitrogens with zero attached hydrogens (tertiary/aromatic N) is 2. The van der Waals surface area contributed by atoms with Gasteiger partial charge in [0.15, 0.2) is 0 Å². The fraction of sp³-hybridized carbons (Fsp3) is 0.292. The van der Waals surface area contributed by atoms with Crippen LogP contribution in [-0.4, -0.2) is 27.2 Å². The van der Waals surface area contributed by atoms with E-state index in [4.69, 9.17) is 5.73 Å². The number of aromatic nitrogens is 2. The SMILES string of the molecule is NC(=O)c1cc(-c2ccc(SC3CCC(Nc4ccc(C(F)(F)F)cn4)CC3)cc2)ccn1. The number of nitrogens with two attached hydrogens (primary N) is 1. The molecule has 0 bridgehead atoms. The first-order chi connectivity index (χ1) is 15.8. The highest BCUT2D eigenvalue weighted by Crippen LogP contribution is 2.35. The highest BCUT2D eigenvalue weighted by molar-refractivity contribution is 8.00. The number of anilines is 1. The Morgan fingerprint density at radius 1 is 0.970 bits per heavy atom. The van der Waals surface area contributed by atoms with E-state index >= 15 is 0 Å². The van der Waals surface area contributed by atoms with Crippen molar-refractivity contribution in [3.8, 4) is 11.1 Å². The van der Waals surface area contributed by atoms with Crippen LogP contribution < -0.4 is 11.1 Å². The summed E-state index contributed by atoms with van der Waals surface area (Å²) in [4.78, 5) is 20.4. The highest BCUT2D eigenvalue weighted by atomic mass is 32.2. The number of nitrogens with one attached hydrogen (secondary N) is 1. The van der Waals surface area contributed by atoms with E-state index in [1.165, 1.54) is 11.0 Å². The number of carbonyl (C=O) groups is 1. The lowest BCUT2D eigenvalue weighted by Crippen LogP contribution is -2.27.